The van der Waals surface area contributed by atoms with Gasteiger partial charge in [0.05, 0.1) is 27.9 Å². The van der Waals surface area contributed by atoms with E-state index < -0.39 is 24.4 Å². The summed E-state index contributed by atoms with van der Waals surface area (Å²) in [6.07, 6.45) is -1.69. The van der Waals surface area contributed by atoms with Crippen LogP contribution in [0.1, 0.15) is 11.7 Å². The summed E-state index contributed by atoms with van der Waals surface area (Å²) in [6, 6.07) is 7.49. The van der Waals surface area contributed by atoms with E-state index in [9.17, 15) is 15.0 Å². The molecule has 0 bridgehead atoms. The summed E-state index contributed by atoms with van der Waals surface area (Å²) in [6.45, 7) is -0.406. The van der Waals surface area contributed by atoms with E-state index in [0.717, 1.165) is 0 Å². The minimum absolute atomic E-state index is 0.0143. The van der Waals surface area contributed by atoms with E-state index >= 15 is 0 Å². The first-order chi connectivity index (χ1) is 14.5. The van der Waals surface area contributed by atoms with Gasteiger partial charge in [-0.25, -0.2) is 4.79 Å². The van der Waals surface area contributed by atoms with Crippen molar-refractivity contribution in [1.82, 2.24) is 0 Å². The Kier molecular flexibility index (Phi) is 5.04. The number of aromatic hydroxyl groups is 1. The first-order valence-electron chi connectivity index (χ1n) is 9.04. The zero-order chi connectivity index (χ0) is 21.4. The van der Waals surface area contributed by atoms with Crippen molar-refractivity contribution in [1.29, 1.82) is 0 Å². The Balaban J connectivity index is 1.89. The number of ether oxygens (including phenoxy) is 5. The first kappa shape index (κ1) is 19.7. The summed E-state index contributed by atoms with van der Waals surface area (Å²) < 4.78 is 33.4. The van der Waals surface area contributed by atoms with Gasteiger partial charge in [-0.05, 0) is 24.3 Å². The molecule has 0 saturated heterocycles. The molecule has 4 rings (SSSR count). The van der Waals surface area contributed by atoms with Gasteiger partial charge in [-0.2, -0.15) is 0 Å². The highest BCUT2D eigenvalue weighted by Gasteiger charge is 2.37. The molecule has 2 N–H and O–H groups in total. The minimum atomic E-state index is -0.862. The third kappa shape index (κ3) is 3.13. The number of methoxy groups -OCH3 is 3. The maximum absolute atomic E-state index is 11.8. The lowest BCUT2D eigenvalue weighted by Gasteiger charge is -2.34. The highest BCUT2D eigenvalue weighted by molar-refractivity contribution is 5.88. The summed E-state index contributed by atoms with van der Waals surface area (Å²) >= 11 is 0. The normalized spacial score (nSPS) is 17.6. The van der Waals surface area contributed by atoms with Crippen LogP contribution in [-0.4, -0.2) is 44.3 Å². The van der Waals surface area contributed by atoms with Crippen LogP contribution in [0.2, 0.25) is 0 Å². The van der Waals surface area contributed by atoms with Gasteiger partial charge in [-0.3, -0.25) is 0 Å². The van der Waals surface area contributed by atoms with E-state index in [2.05, 4.69) is 0 Å². The molecule has 0 radical (unpaired) electrons. The quantitative estimate of drug-likeness (QED) is 0.605. The van der Waals surface area contributed by atoms with Crippen molar-refractivity contribution >= 4 is 11.0 Å². The largest absolute Gasteiger partial charge is 0.504 e. The lowest BCUT2D eigenvalue weighted by molar-refractivity contribution is -0.0137. The Morgan fingerprint density at radius 2 is 1.67 bits per heavy atom. The van der Waals surface area contributed by atoms with Crippen LogP contribution in [0.25, 0.3) is 11.0 Å². The third-order valence-electron chi connectivity index (χ3n) is 4.85. The molecular formula is C21H20O9. The maximum atomic E-state index is 11.8. The molecule has 2 aromatic carbocycles. The SMILES string of the molecule is COc1cc(C2Oc3c(c(O)cc4ccc(=O)oc34)OC2CO)cc(OC)c1OC. The topological polar surface area (TPSA) is 117 Å². The Labute approximate surface area is 170 Å². The smallest absolute Gasteiger partial charge is 0.336 e. The van der Waals surface area contributed by atoms with Gasteiger partial charge in [0.1, 0.15) is 0 Å². The predicted molar refractivity (Wildman–Crippen MR) is 105 cm³/mol. The van der Waals surface area contributed by atoms with Crippen molar-refractivity contribution in [2.45, 2.75) is 12.2 Å². The molecule has 2 heterocycles. The molecule has 0 aliphatic carbocycles. The van der Waals surface area contributed by atoms with Crippen LogP contribution in [-0.2, 0) is 0 Å². The van der Waals surface area contributed by atoms with Crippen molar-refractivity contribution in [2.24, 2.45) is 0 Å². The van der Waals surface area contributed by atoms with Crippen molar-refractivity contribution in [3.63, 3.8) is 0 Å². The van der Waals surface area contributed by atoms with E-state index in [4.69, 9.17) is 28.1 Å². The van der Waals surface area contributed by atoms with E-state index in [1.165, 1.54) is 39.5 Å². The molecule has 9 nitrogen and oxygen atoms in total. The molecule has 0 saturated carbocycles. The number of benzene rings is 2. The molecule has 30 heavy (non-hydrogen) atoms. The van der Waals surface area contributed by atoms with Gasteiger partial charge >= 0.3 is 5.63 Å². The molecule has 2 atom stereocenters. The van der Waals surface area contributed by atoms with Crippen LogP contribution in [0.4, 0.5) is 0 Å². The van der Waals surface area contributed by atoms with Crippen LogP contribution in [0, 0.1) is 0 Å². The molecule has 1 aromatic heterocycles. The Bertz CT molecular complexity index is 1130. The van der Waals surface area contributed by atoms with Crippen LogP contribution >= 0.6 is 0 Å². The second kappa shape index (κ2) is 7.68. The van der Waals surface area contributed by atoms with Crippen molar-refractivity contribution in [3.05, 3.63) is 46.3 Å². The zero-order valence-corrected chi connectivity index (χ0v) is 16.5. The zero-order valence-electron chi connectivity index (χ0n) is 16.5. The second-order valence-corrected chi connectivity index (χ2v) is 6.56. The van der Waals surface area contributed by atoms with Crippen LogP contribution in [0.15, 0.2) is 39.5 Å². The summed E-state index contributed by atoms with van der Waals surface area (Å²) in [5.74, 6) is 1.03. The molecule has 2 unspecified atom stereocenters. The fourth-order valence-electron chi connectivity index (χ4n) is 3.47. The average molecular weight is 416 g/mol. The predicted octanol–water partition coefficient (Wildman–Crippen LogP) is 2.40. The number of hydrogen-bond donors (Lipinski definition) is 2. The number of aliphatic hydroxyl groups is 1. The van der Waals surface area contributed by atoms with Gasteiger partial charge in [-0.15, -0.1) is 0 Å². The van der Waals surface area contributed by atoms with E-state index in [1.807, 2.05) is 0 Å². The first-order valence-corrected chi connectivity index (χ1v) is 9.04. The lowest BCUT2D eigenvalue weighted by atomic mass is 10.0. The van der Waals surface area contributed by atoms with E-state index in [-0.39, 0.29) is 22.8 Å². The van der Waals surface area contributed by atoms with Gasteiger partial charge in [0, 0.05) is 17.0 Å². The van der Waals surface area contributed by atoms with E-state index in [1.54, 1.807) is 12.1 Å². The number of phenolic OH excluding ortho intramolecular Hbond substituents is 1. The average Bonchev–Trinajstić information content (AvgIpc) is 2.77. The number of fused-ring (bicyclic) bond motifs is 3. The standard InChI is InChI=1S/C21H20O9/c1-25-13-7-11(8-14(26-2)20(13)27-3)17-15(9-22)28-19-12(23)6-10-4-5-16(24)29-18(10)21(19)30-17/h4-8,15,17,22-23H,9H2,1-3H3. The molecule has 0 fully saturated rings. The lowest BCUT2D eigenvalue weighted by Crippen LogP contribution is -2.36. The molecule has 9 heteroatoms. The summed E-state index contributed by atoms with van der Waals surface area (Å²) in [7, 11) is 4.46. The molecule has 3 aromatic rings. The van der Waals surface area contributed by atoms with Gasteiger partial charge in [0.25, 0.3) is 0 Å². The second-order valence-electron chi connectivity index (χ2n) is 6.56. The monoisotopic (exact) mass is 416 g/mol. The van der Waals surface area contributed by atoms with E-state index in [0.29, 0.717) is 28.2 Å². The minimum Gasteiger partial charge on any atom is -0.504 e. The highest BCUT2D eigenvalue weighted by atomic mass is 16.6. The maximum Gasteiger partial charge on any atom is 0.336 e. The van der Waals surface area contributed by atoms with Gasteiger partial charge in [0.2, 0.25) is 17.2 Å². The Morgan fingerprint density at radius 1 is 0.967 bits per heavy atom. The summed E-state index contributed by atoms with van der Waals surface area (Å²) in [5.41, 5.74) is 0.112. The number of aliphatic hydroxyl groups excluding tert-OH is 1. The molecular weight excluding hydrogens is 396 g/mol. The summed E-state index contributed by atoms with van der Waals surface area (Å²) in [4.78, 5) is 11.8. The Hall–Kier alpha value is -3.59. The fourth-order valence-corrected chi connectivity index (χ4v) is 3.47. The van der Waals surface area contributed by atoms with Crippen molar-refractivity contribution in [3.8, 4) is 34.5 Å². The van der Waals surface area contributed by atoms with Gasteiger partial charge < -0.3 is 38.3 Å². The van der Waals surface area contributed by atoms with Gasteiger partial charge in [0.15, 0.2) is 35.0 Å². The van der Waals surface area contributed by atoms with Crippen LogP contribution in [0.3, 0.4) is 0 Å². The third-order valence-corrected chi connectivity index (χ3v) is 4.85. The molecule has 1 aliphatic rings. The molecule has 1 aliphatic heterocycles. The fraction of sp³-hybridized carbons (Fsp3) is 0.286. The van der Waals surface area contributed by atoms with Crippen molar-refractivity contribution in [2.75, 3.05) is 27.9 Å². The highest BCUT2D eigenvalue weighted by Crippen LogP contribution is 2.50. The molecule has 158 valence electrons. The molecule has 0 amide bonds. The van der Waals surface area contributed by atoms with Crippen molar-refractivity contribution < 1.29 is 38.3 Å². The number of phenols is 1. The van der Waals surface area contributed by atoms with Crippen LogP contribution < -0.4 is 29.3 Å². The van der Waals surface area contributed by atoms with Crippen LogP contribution in [0.5, 0.6) is 34.5 Å². The molecule has 0 spiro atoms. The van der Waals surface area contributed by atoms with Gasteiger partial charge in [-0.1, -0.05) is 0 Å². The number of rotatable bonds is 5. The number of hydrogen-bond acceptors (Lipinski definition) is 9. The Morgan fingerprint density at radius 3 is 2.27 bits per heavy atom. The summed E-state index contributed by atoms with van der Waals surface area (Å²) in [5, 5.41) is 20.7.